The Bertz CT molecular complexity index is 1200. The minimum absolute atomic E-state index is 0. The molecule has 0 aliphatic carbocycles. The van der Waals surface area contributed by atoms with Crippen molar-refractivity contribution in [1.29, 1.82) is 0 Å². The fourth-order valence-electron chi connectivity index (χ4n) is 2.91. The molecule has 0 saturated carbocycles. The van der Waals surface area contributed by atoms with E-state index in [0.29, 0.717) is 5.56 Å². The number of phosphoric ester groups is 1. The van der Waals surface area contributed by atoms with E-state index in [1.54, 1.807) is 91.0 Å². The van der Waals surface area contributed by atoms with E-state index < -0.39 is 7.82 Å². The Morgan fingerprint density at radius 3 is 1.58 bits per heavy atom. The third kappa shape index (κ3) is 6.50. The molecule has 0 unspecified atom stereocenters. The van der Waals surface area contributed by atoms with Gasteiger partial charge in [-0.15, -0.1) is 0 Å². The second-order valence-electron chi connectivity index (χ2n) is 6.72. The van der Waals surface area contributed by atoms with E-state index >= 15 is 0 Å². The molecule has 161 valence electrons. The van der Waals surface area contributed by atoms with E-state index in [4.69, 9.17) is 13.6 Å². The van der Waals surface area contributed by atoms with Crippen molar-refractivity contribution in [3.8, 4) is 23.0 Å². The molecule has 0 aromatic heterocycles. The molecule has 4 rings (SSSR count). The monoisotopic (exact) mass is 469 g/mol. The number of aromatic hydroxyl groups is 1. The molecular weight excluding hydrogens is 450 g/mol. The van der Waals surface area contributed by atoms with Crippen LogP contribution in [0.4, 0.5) is 0 Å². The first-order valence-corrected chi connectivity index (χ1v) is 11.2. The van der Waals surface area contributed by atoms with Crippen LogP contribution in [0.25, 0.3) is 0 Å². The number of para-hydroxylation sites is 2. The Labute approximate surface area is 213 Å². The van der Waals surface area contributed by atoms with Crippen LogP contribution in [-0.4, -0.2) is 40.4 Å². The summed E-state index contributed by atoms with van der Waals surface area (Å²) in [7, 11) is -4.20. The van der Waals surface area contributed by atoms with Crippen molar-refractivity contribution in [2.75, 3.05) is 0 Å². The van der Waals surface area contributed by atoms with E-state index in [9.17, 15) is 14.5 Å². The number of carbonyl (C=O) groups excluding carboxylic acids is 1. The van der Waals surface area contributed by atoms with Crippen LogP contribution in [0.3, 0.4) is 0 Å². The average Bonchev–Trinajstić information content (AvgIpc) is 2.80. The van der Waals surface area contributed by atoms with Crippen LogP contribution in [-0.2, 0) is 4.57 Å². The predicted octanol–water partition coefficient (Wildman–Crippen LogP) is 5.89. The van der Waals surface area contributed by atoms with Gasteiger partial charge in [-0.25, -0.2) is 0 Å². The fourth-order valence-corrected chi connectivity index (χ4v) is 4.15. The molecule has 0 saturated heterocycles. The first-order valence-electron chi connectivity index (χ1n) is 9.74. The maximum Gasteiger partial charge on any atom is 0.647 e. The molecule has 0 fully saturated rings. The number of phosphoric acid groups is 1. The van der Waals surface area contributed by atoms with Crippen LogP contribution in [0.1, 0.15) is 15.9 Å². The number of ketones is 1. The molecule has 0 heterocycles. The van der Waals surface area contributed by atoms with Crippen LogP contribution < -0.4 is 13.6 Å². The molecule has 8 heteroatoms. The zero-order valence-electron chi connectivity index (χ0n) is 17.8. The quantitative estimate of drug-likeness (QED) is 0.197. The summed E-state index contributed by atoms with van der Waals surface area (Å²) in [6.45, 7) is 0. The summed E-state index contributed by atoms with van der Waals surface area (Å²) in [5.41, 5.74) is 0.522. The number of phenols is 1. The van der Waals surface area contributed by atoms with E-state index in [1.165, 1.54) is 18.2 Å². The molecule has 0 spiro atoms. The number of rotatable bonds is 8. The molecule has 4 aromatic rings. The van der Waals surface area contributed by atoms with Gasteiger partial charge in [0.15, 0.2) is 5.78 Å². The van der Waals surface area contributed by atoms with Gasteiger partial charge in [-0.3, -0.25) is 4.79 Å². The third-order valence-corrected chi connectivity index (χ3v) is 5.69. The van der Waals surface area contributed by atoms with Gasteiger partial charge in [0, 0.05) is 41.2 Å². The molecule has 6 nitrogen and oxygen atoms in total. The zero-order valence-corrected chi connectivity index (χ0v) is 20.7. The van der Waals surface area contributed by atoms with Crippen molar-refractivity contribution in [1.82, 2.24) is 0 Å². The Balaban J connectivity index is 0.00000306. The second-order valence-corrected chi connectivity index (χ2v) is 8.16. The summed E-state index contributed by atoms with van der Waals surface area (Å²) in [6.07, 6.45) is 0. The predicted molar refractivity (Wildman–Crippen MR) is 126 cm³/mol. The number of hydrogen-bond acceptors (Lipinski definition) is 6. The number of benzene rings is 4. The zero-order chi connectivity index (χ0) is 22.4. The largest absolute Gasteiger partial charge is 0.647 e. The van der Waals surface area contributed by atoms with Gasteiger partial charge in [0.1, 0.15) is 23.0 Å². The summed E-state index contributed by atoms with van der Waals surface area (Å²) >= 11 is 0. The first-order chi connectivity index (χ1) is 15.5. The van der Waals surface area contributed by atoms with Crippen molar-refractivity contribution in [3.05, 3.63) is 120 Å². The van der Waals surface area contributed by atoms with Crippen LogP contribution >= 0.6 is 7.82 Å². The number of carbonyl (C=O) groups is 1. The van der Waals surface area contributed by atoms with Gasteiger partial charge in [-0.05, 0) is 36.4 Å². The van der Waals surface area contributed by atoms with Crippen LogP contribution in [0.15, 0.2) is 109 Å². The molecule has 0 aliphatic rings. The molecule has 1 radical (unpaired) electrons. The minimum Gasteiger partial charge on any atom is -0.507 e. The topological polar surface area (TPSA) is 82.1 Å². The van der Waals surface area contributed by atoms with Gasteiger partial charge in [-0.2, -0.15) is 4.57 Å². The van der Waals surface area contributed by atoms with Crippen LogP contribution in [0.2, 0.25) is 0 Å². The second kappa shape index (κ2) is 11.2. The Hall–Kier alpha value is -3.02. The Kier molecular flexibility index (Phi) is 8.37. The smallest absolute Gasteiger partial charge is 0.507 e. The maximum atomic E-state index is 13.5. The molecule has 4 aromatic carbocycles. The molecule has 33 heavy (non-hydrogen) atoms. The van der Waals surface area contributed by atoms with Gasteiger partial charge in [0.2, 0.25) is 0 Å². The average molecular weight is 469 g/mol. The third-order valence-electron chi connectivity index (χ3n) is 4.39. The van der Waals surface area contributed by atoms with Crippen LogP contribution in [0, 0.1) is 0 Å². The summed E-state index contributed by atoms with van der Waals surface area (Å²) in [6, 6.07) is 29.5. The van der Waals surface area contributed by atoms with E-state index in [1.807, 2.05) is 0 Å². The first kappa shape index (κ1) is 24.6. The van der Waals surface area contributed by atoms with Gasteiger partial charge in [-0.1, -0.05) is 66.7 Å². The fraction of sp³-hybridized carbons (Fsp3) is 0. The summed E-state index contributed by atoms with van der Waals surface area (Å²) in [5, 5.41) is 10.4. The SMILES string of the molecule is O=C(c1ccccc1)c1ccc(OP(=O)(Oc2ccccc2)Oc2ccccc2)cc1O.[Na]. The Morgan fingerprint density at radius 1 is 0.636 bits per heavy atom. The van der Waals surface area contributed by atoms with Crippen molar-refractivity contribution in [2.24, 2.45) is 0 Å². The van der Waals surface area contributed by atoms with Gasteiger partial charge < -0.3 is 18.7 Å². The Morgan fingerprint density at radius 2 is 1.09 bits per heavy atom. The molecule has 0 bridgehead atoms. The van der Waals surface area contributed by atoms with Crippen molar-refractivity contribution < 1.29 is 28.0 Å². The summed E-state index contributed by atoms with van der Waals surface area (Å²) in [4.78, 5) is 12.6. The van der Waals surface area contributed by atoms with E-state index in [-0.39, 0.29) is 63.9 Å². The van der Waals surface area contributed by atoms with Gasteiger partial charge >= 0.3 is 7.82 Å². The molecule has 1 N–H and O–H groups in total. The van der Waals surface area contributed by atoms with Crippen molar-refractivity contribution >= 4 is 43.2 Å². The number of phenolic OH excluding ortho intramolecular Hbond substituents is 1. The van der Waals surface area contributed by atoms with Gasteiger partial charge in [0.05, 0.1) is 5.56 Å². The molecular formula is C25H19NaO6P. The number of hydrogen-bond donors (Lipinski definition) is 1. The molecule has 0 atom stereocenters. The standard InChI is InChI=1S/C25H19O6P.Na/c26-24-18-22(16-17-23(24)25(27)19-10-4-1-5-11-19)31-32(28,29-20-12-6-2-7-13-20)30-21-14-8-3-9-15-21;/h1-18,26H;. The summed E-state index contributed by atoms with van der Waals surface area (Å²) in [5.74, 6) is -0.0812. The van der Waals surface area contributed by atoms with Crippen molar-refractivity contribution in [2.45, 2.75) is 0 Å². The van der Waals surface area contributed by atoms with Crippen molar-refractivity contribution in [3.63, 3.8) is 0 Å². The van der Waals surface area contributed by atoms with Gasteiger partial charge in [0.25, 0.3) is 0 Å². The molecule has 0 aliphatic heterocycles. The summed E-state index contributed by atoms with van der Waals surface area (Å²) < 4.78 is 30.1. The maximum absolute atomic E-state index is 13.5. The molecule has 0 amide bonds. The normalized spacial score (nSPS) is 10.5. The van der Waals surface area contributed by atoms with E-state index in [2.05, 4.69) is 0 Å². The van der Waals surface area contributed by atoms with E-state index in [0.717, 1.165) is 0 Å². The minimum atomic E-state index is -4.20. The van der Waals surface area contributed by atoms with Crippen LogP contribution in [0.5, 0.6) is 23.0 Å².